The van der Waals surface area contributed by atoms with Crippen molar-refractivity contribution in [1.29, 1.82) is 5.26 Å². The number of anilines is 1. The van der Waals surface area contributed by atoms with E-state index in [-0.39, 0.29) is 5.91 Å². The van der Waals surface area contributed by atoms with Gasteiger partial charge in [0.25, 0.3) is 0 Å². The molecule has 0 unspecified atom stereocenters. The number of halogens is 2. The van der Waals surface area contributed by atoms with Crippen LogP contribution < -0.4 is 4.90 Å². The number of piperazine rings is 1. The van der Waals surface area contributed by atoms with E-state index in [9.17, 15) is 13.6 Å². The van der Waals surface area contributed by atoms with Crippen molar-refractivity contribution < 1.29 is 13.6 Å². The van der Waals surface area contributed by atoms with E-state index in [0.717, 1.165) is 5.56 Å². The number of benzene rings is 2. The molecule has 0 spiro atoms. The highest BCUT2D eigenvalue weighted by molar-refractivity contribution is 5.83. The maximum Gasteiger partial charge on any atom is 0.244 e. The van der Waals surface area contributed by atoms with Crippen LogP contribution in [0.3, 0.4) is 0 Å². The lowest BCUT2D eigenvalue weighted by Gasteiger charge is -2.40. The van der Waals surface area contributed by atoms with E-state index in [0.29, 0.717) is 31.9 Å². The molecule has 1 saturated heterocycles. The zero-order valence-corrected chi connectivity index (χ0v) is 15.9. The van der Waals surface area contributed by atoms with Gasteiger partial charge in [-0.15, -0.1) is 0 Å². The molecule has 0 radical (unpaired) electrons. The molecule has 0 aliphatic carbocycles. The number of rotatable bonds is 4. The molecule has 2 aromatic carbocycles. The predicted octanol–water partition coefficient (Wildman–Crippen LogP) is 2.79. The number of nitriles is 1. The summed E-state index contributed by atoms with van der Waals surface area (Å²) in [6.07, 6.45) is 0. The molecule has 1 amide bonds. The summed E-state index contributed by atoms with van der Waals surface area (Å²) in [5.74, 6) is -1.72. The molecule has 1 atom stereocenters. The van der Waals surface area contributed by atoms with Crippen molar-refractivity contribution in [3.8, 4) is 6.07 Å². The number of hydrogen-bond acceptors (Lipinski definition) is 4. The Labute approximate surface area is 163 Å². The van der Waals surface area contributed by atoms with Crippen LogP contribution in [0.25, 0.3) is 0 Å². The molecule has 28 heavy (non-hydrogen) atoms. The van der Waals surface area contributed by atoms with Gasteiger partial charge in [0.1, 0.15) is 29.3 Å². The van der Waals surface area contributed by atoms with E-state index in [1.807, 2.05) is 35.2 Å². The van der Waals surface area contributed by atoms with Gasteiger partial charge in [0.2, 0.25) is 5.91 Å². The molecule has 1 aliphatic rings. The Hall–Kier alpha value is -2.98. The van der Waals surface area contributed by atoms with E-state index >= 15 is 0 Å². The molecule has 1 aliphatic heterocycles. The van der Waals surface area contributed by atoms with Crippen LogP contribution in [-0.2, 0) is 4.79 Å². The van der Waals surface area contributed by atoms with Gasteiger partial charge in [-0.05, 0) is 17.7 Å². The van der Waals surface area contributed by atoms with Crippen LogP contribution in [0.4, 0.5) is 14.5 Å². The quantitative estimate of drug-likeness (QED) is 0.814. The van der Waals surface area contributed by atoms with Crippen LogP contribution >= 0.6 is 0 Å². The van der Waals surface area contributed by atoms with Crippen molar-refractivity contribution in [3.63, 3.8) is 0 Å². The molecular weight excluding hydrogens is 362 g/mol. The number of likely N-dealkylation sites (N-methyl/N-ethyl adjacent to an activating group) is 1. The van der Waals surface area contributed by atoms with Crippen molar-refractivity contribution >= 4 is 11.6 Å². The van der Waals surface area contributed by atoms with Crippen LogP contribution in [0.15, 0.2) is 42.5 Å². The van der Waals surface area contributed by atoms with E-state index in [4.69, 9.17) is 5.26 Å². The molecule has 0 N–H and O–H groups in total. The van der Waals surface area contributed by atoms with Gasteiger partial charge in [-0.25, -0.2) is 8.78 Å². The molecule has 1 fully saturated rings. The van der Waals surface area contributed by atoms with Crippen molar-refractivity contribution in [2.24, 2.45) is 0 Å². The molecule has 3 rings (SSSR count). The summed E-state index contributed by atoms with van der Waals surface area (Å²) >= 11 is 0. The maximum absolute atomic E-state index is 13.9. The number of amides is 1. The summed E-state index contributed by atoms with van der Waals surface area (Å²) in [7, 11) is 3.47. The zero-order valence-electron chi connectivity index (χ0n) is 15.9. The van der Waals surface area contributed by atoms with Crippen LogP contribution in [-0.4, -0.2) is 56.0 Å². The van der Waals surface area contributed by atoms with Crippen LogP contribution in [0.1, 0.15) is 17.2 Å². The molecule has 0 aromatic heterocycles. The molecule has 146 valence electrons. The lowest BCUT2D eigenvalue weighted by Crippen LogP contribution is -2.51. The average molecular weight is 384 g/mol. The fourth-order valence-corrected chi connectivity index (χ4v) is 3.48. The minimum atomic E-state index is -0.857. The fourth-order valence-electron chi connectivity index (χ4n) is 3.48. The van der Waals surface area contributed by atoms with Gasteiger partial charge >= 0.3 is 0 Å². The minimum Gasteiger partial charge on any atom is -0.369 e. The second-order valence-corrected chi connectivity index (χ2v) is 6.97. The van der Waals surface area contributed by atoms with Crippen molar-refractivity contribution in [1.82, 2.24) is 9.80 Å². The van der Waals surface area contributed by atoms with Crippen LogP contribution in [0.2, 0.25) is 0 Å². The van der Waals surface area contributed by atoms with E-state index in [1.165, 1.54) is 18.2 Å². The molecule has 1 heterocycles. The van der Waals surface area contributed by atoms with Gasteiger partial charge in [0, 0.05) is 46.0 Å². The van der Waals surface area contributed by atoms with E-state index in [1.54, 1.807) is 19.0 Å². The Kier molecular flexibility index (Phi) is 5.90. The third-order valence-electron chi connectivity index (χ3n) is 4.97. The summed E-state index contributed by atoms with van der Waals surface area (Å²) < 4.78 is 27.9. The number of carbonyl (C=O) groups is 1. The highest BCUT2D eigenvalue weighted by Gasteiger charge is 2.31. The van der Waals surface area contributed by atoms with E-state index in [2.05, 4.69) is 4.90 Å². The standard InChI is InChI=1S/C21H22F2N4O/c1-25(2)21(28)20(15-6-4-3-5-7-15)27-10-8-26(9-11-27)16-12-18(22)17(14-24)19(23)13-16/h3-7,12-13,20H,8-11H2,1-2H3/t20-/m0/s1. The Balaban J connectivity index is 1.78. The molecular formula is C21H22F2N4O. The molecule has 2 aromatic rings. The molecule has 7 heteroatoms. The van der Waals surface area contributed by atoms with Crippen molar-refractivity contribution in [2.45, 2.75) is 6.04 Å². The van der Waals surface area contributed by atoms with Crippen LogP contribution in [0.5, 0.6) is 0 Å². The largest absolute Gasteiger partial charge is 0.369 e. The Morgan fingerprint density at radius 2 is 1.64 bits per heavy atom. The van der Waals surface area contributed by atoms with Gasteiger partial charge in [0.05, 0.1) is 0 Å². The topological polar surface area (TPSA) is 50.6 Å². The van der Waals surface area contributed by atoms with Crippen molar-refractivity contribution in [2.75, 3.05) is 45.2 Å². The maximum atomic E-state index is 13.9. The molecule has 0 saturated carbocycles. The lowest BCUT2D eigenvalue weighted by atomic mass is 10.0. The van der Waals surface area contributed by atoms with Gasteiger partial charge in [-0.1, -0.05) is 30.3 Å². The van der Waals surface area contributed by atoms with Gasteiger partial charge in [0.15, 0.2) is 0 Å². The highest BCUT2D eigenvalue weighted by Crippen LogP contribution is 2.27. The Morgan fingerprint density at radius 3 is 2.14 bits per heavy atom. The first-order chi connectivity index (χ1) is 13.4. The van der Waals surface area contributed by atoms with Gasteiger partial charge in [-0.2, -0.15) is 5.26 Å². The fraction of sp³-hybridized carbons (Fsp3) is 0.333. The normalized spacial score (nSPS) is 15.8. The molecule has 0 bridgehead atoms. The third kappa shape index (κ3) is 3.97. The molecule has 5 nitrogen and oxygen atoms in total. The third-order valence-corrected chi connectivity index (χ3v) is 4.97. The minimum absolute atomic E-state index is 0.00453. The van der Waals surface area contributed by atoms with E-state index < -0.39 is 23.2 Å². The first-order valence-electron chi connectivity index (χ1n) is 9.06. The monoisotopic (exact) mass is 384 g/mol. The predicted molar refractivity (Wildman–Crippen MR) is 103 cm³/mol. The number of carbonyl (C=O) groups excluding carboxylic acids is 1. The van der Waals surface area contributed by atoms with Crippen LogP contribution in [0, 0.1) is 23.0 Å². The first-order valence-corrected chi connectivity index (χ1v) is 9.06. The number of nitrogens with zero attached hydrogens (tertiary/aromatic N) is 4. The summed E-state index contributed by atoms with van der Waals surface area (Å²) in [5, 5.41) is 8.82. The summed E-state index contributed by atoms with van der Waals surface area (Å²) in [6, 6.07) is 13.1. The first kappa shape index (κ1) is 19.8. The Morgan fingerprint density at radius 1 is 1.07 bits per heavy atom. The summed E-state index contributed by atoms with van der Waals surface area (Å²) in [4.78, 5) is 18.3. The zero-order chi connectivity index (χ0) is 20.3. The second kappa shape index (κ2) is 8.36. The SMILES string of the molecule is CN(C)C(=O)[C@H](c1ccccc1)N1CCN(c2cc(F)c(C#N)c(F)c2)CC1. The van der Waals surface area contributed by atoms with Gasteiger partial charge in [-0.3, -0.25) is 9.69 Å². The smallest absolute Gasteiger partial charge is 0.244 e. The Bertz CT molecular complexity index is 864. The summed E-state index contributed by atoms with van der Waals surface area (Å²) in [5.41, 5.74) is 0.761. The highest BCUT2D eigenvalue weighted by atomic mass is 19.1. The van der Waals surface area contributed by atoms with Gasteiger partial charge < -0.3 is 9.80 Å². The lowest BCUT2D eigenvalue weighted by molar-refractivity contribution is -0.134. The number of hydrogen-bond donors (Lipinski definition) is 0. The second-order valence-electron chi connectivity index (χ2n) is 6.97. The van der Waals surface area contributed by atoms with Crippen molar-refractivity contribution in [3.05, 3.63) is 65.2 Å². The average Bonchev–Trinajstić information content (AvgIpc) is 2.69. The summed E-state index contributed by atoms with van der Waals surface area (Å²) in [6.45, 7) is 2.19.